The number of H-pyrrole nitrogens is 1. The third-order valence-electron chi connectivity index (χ3n) is 4.68. The van der Waals surface area contributed by atoms with Gasteiger partial charge in [0.1, 0.15) is 23.0 Å². The van der Waals surface area contributed by atoms with E-state index in [0.29, 0.717) is 18.0 Å². The van der Waals surface area contributed by atoms with Crippen molar-refractivity contribution in [2.24, 2.45) is 5.92 Å². The number of hydrogen-bond acceptors (Lipinski definition) is 4. The van der Waals surface area contributed by atoms with Crippen molar-refractivity contribution in [2.75, 3.05) is 6.54 Å². The molecule has 0 bridgehead atoms. The zero-order valence-corrected chi connectivity index (χ0v) is 13.7. The lowest BCUT2D eigenvalue weighted by molar-refractivity contribution is 0.341. The minimum absolute atomic E-state index is 0.283. The molecule has 4 rings (SSSR count). The van der Waals surface area contributed by atoms with E-state index in [4.69, 9.17) is 0 Å². The molecule has 1 aromatic carbocycles. The lowest BCUT2D eigenvalue weighted by Gasteiger charge is -2.24. The standard InChI is InChI=1S/C17H21FN6/c1-2-15-22-23-16-7-6-11(10-24(15)16)8-19-9-14-20-13-5-3-4-12(18)17(13)21-14/h3-5,11,19H,2,6-10H2,1H3,(H,20,21). The topological polar surface area (TPSA) is 71.4 Å². The second-order valence-electron chi connectivity index (χ2n) is 6.35. The fourth-order valence-corrected chi connectivity index (χ4v) is 3.41. The minimum atomic E-state index is -0.283. The lowest BCUT2D eigenvalue weighted by Crippen LogP contribution is -2.30. The summed E-state index contributed by atoms with van der Waals surface area (Å²) in [5.41, 5.74) is 1.15. The van der Waals surface area contributed by atoms with Crippen molar-refractivity contribution in [1.29, 1.82) is 0 Å². The molecular weight excluding hydrogens is 307 g/mol. The van der Waals surface area contributed by atoms with E-state index in [1.54, 1.807) is 6.07 Å². The van der Waals surface area contributed by atoms with Crippen LogP contribution in [0.25, 0.3) is 11.0 Å². The van der Waals surface area contributed by atoms with Gasteiger partial charge in [0.15, 0.2) is 5.82 Å². The smallest absolute Gasteiger partial charge is 0.151 e. The maximum absolute atomic E-state index is 13.7. The summed E-state index contributed by atoms with van der Waals surface area (Å²) in [6.07, 6.45) is 3.01. The molecule has 3 heterocycles. The molecule has 0 fully saturated rings. The molecule has 24 heavy (non-hydrogen) atoms. The first-order chi connectivity index (χ1) is 11.7. The number of aromatic amines is 1. The van der Waals surface area contributed by atoms with Crippen molar-refractivity contribution < 1.29 is 4.39 Å². The summed E-state index contributed by atoms with van der Waals surface area (Å²) in [5.74, 6) is 3.22. The van der Waals surface area contributed by atoms with Crippen molar-refractivity contribution >= 4 is 11.0 Å². The predicted molar refractivity (Wildman–Crippen MR) is 89.0 cm³/mol. The van der Waals surface area contributed by atoms with Gasteiger partial charge in [-0.25, -0.2) is 9.37 Å². The molecule has 1 aliphatic heterocycles. The zero-order chi connectivity index (χ0) is 16.5. The number of fused-ring (bicyclic) bond motifs is 2. The second kappa shape index (κ2) is 6.32. The molecule has 3 aromatic rings. The first-order valence-electron chi connectivity index (χ1n) is 8.49. The van der Waals surface area contributed by atoms with Gasteiger partial charge in [0.05, 0.1) is 12.1 Å². The number of hydrogen-bond donors (Lipinski definition) is 2. The van der Waals surface area contributed by atoms with Crippen LogP contribution < -0.4 is 5.32 Å². The number of imidazole rings is 1. The van der Waals surface area contributed by atoms with Gasteiger partial charge >= 0.3 is 0 Å². The predicted octanol–water partition coefficient (Wildman–Crippen LogP) is 2.21. The number of para-hydroxylation sites is 1. The number of benzene rings is 1. The average Bonchev–Trinajstić information content (AvgIpc) is 3.19. The monoisotopic (exact) mass is 328 g/mol. The molecule has 1 aliphatic rings. The number of aryl methyl sites for hydroxylation is 2. The number of aromatic nitrogens is 5. The van der Waals surface area contributed by atoms with Crippen LogP contribution in [0.5, 0.6) is 0 Å². The van der Waals surface area contributed by atoms with Gasteiger partial charge in [0.25, 0.3) is 0 Å². The molecule has 0 saturated carbocycles. The molecule has 7 heteroatoms. The fourth-order valence-electron chi connectivity index (χ4n) is 3.41. The molecule has 126 valence electrons. The van der Waals surface area contributed by atoms with E-state index in [-0.39, 0.29) is 5.82 Å². The van der Waals surface area contributed by atoms with Gasteiger partial charge in [-0.05, 0) is 24.5 Å². The first kappa shape index (κ1) is 15.3. The highest BCUT2D eigenvalue weighted by Gasteiger charge is 2.22. The molecule has 0 saturated heterocycles. The van der Waals surface area contributed by atoms with Crippen LogP contribution in [0.2, 0.25) is 0 Å². The van der Waals surface area contributed by atoms with Gasteiger partial charge in [0, 0.05) is 25.9 Å². The zero-order valence-electron chi connectivity index (χ0n) is 13.7. The SMILES string of the molecule is CCc1nnc2n1CC(CNCc1nc3c(F)cccc3[nH]1)CC2. The second-order valence-corrected chi connectivity index (χ2v) is 6.35. The van der Waals surface area contributed by atoms with E-state index < -0.39 is 0 Å². The van der Waals surface area contributed by atoms with Crippen molar-refractivity contribution in [2.45, 2.75) is 39.3 Å². The van der Waals surface area contributed by atoms with Crippen LogP contribution in [0.1, 0.15) is 30.8 Å². The molecule has 0 amide bonds. The largest absolute Gasteiger partial charge is 0.341 e. The van der Waals surface area contributed by atoms with E-state index in [9.17, 15) is 4.39 Å². The average molecular weight is 328 g/mol. The Kier molecular flexibility index (Phi) is 4.02. The fraction of sp³-hybridized carbons (Fsp3) is 0.471. The number of halogens is 1. The van der Waals surface area contributed by atoms with Crippen molar-refractivity contribution in [3.05, 3.63) is 41.5 Å². The highest BCUT2D eigenvalue weighted by molar-refractivity contribution is 5.75. The van der Waals surface area contributed by atoms with Gasteiger partial charge in [-0.15, -0.1) is 10.2 Å². The van der Waals surface area contributed by atoms with Crippen molar-refractivity contribution in [1.82, 2.24) is 30.0 Å². The Morgan fingerprint density at radius 2 is 2.29 bits per heavy atom. The third kappa shape index (κ3) is 2.80. The molecular formula is C17H21FN6. The summed E-state index contributed by atoms with van der Waals surface area (Å²) < 4.78 is 15.9. The number of rotatable bonds is 5. The molecule has 0 spiro atoms. The van der Waals surface area contributed by atoms with Crippen LogP contribution in [0, 0.1) is 11.7 Å². The Morgan fingerprint density at radius 3 is 3.12 bits per heavy atom. The summed E-state index contributed by atoms with van der Waals surface area (Å²) in [6, 6.07) is 4.97. The Labute approximate surface area is 139 Å². The van der Waals surface area contributed by atoms with Crippen LogP contribution in [0.15, 0.2) is 18.2 Å². The van der Waals surface area contributed by atoms with E-state index in [1.807, 2.05) is 6.07 Å². The maximum atomic E-state index is 13.7. The van der Waals surface area contributed by atoms with Crippen LogP contribution in [-0.2, 0) is 25.9 Å². The van der Waals surface area contributed by atoms with Gasteiger partial charge < -0.3 is 14.9 Å². The van der Waals surface area contributed by atoms with Crippen molar-refractivity contribution in [3.8, 4) is 0 Å². The molecule has 1 atom stereocenters. The Bertz CT molecular complexity index is 839. The van der Waals surface area contributed by atoms with E-state index in [0.717, 1.165) is 55.3 Å². The first-order valence-corrected chi connectivity index (χ1v) is 8.49. The van der Waals surface area contributed by atoms with Crippen molar-refractivity contribution in [3.63, 3.8) is 0 Å². The molecule has 2 aromatic heterocycles. The quantitative estimate of drug-likeness (QED) is 0.753. The van der Waals surface area contributed by atoms with E-state index in [1.165, 1.54) is 6.07 Å². The Balaban J connectivity index is 1.36. The van der Waals surface area contributed by atoms with Crippen LogP contribution in [-0.4, -0.2) is 31.3 Å². The Morgan fingerprint density at radius 1 is 1.38 bits per heavy atom. The summed E-state index contributed by atoms with van der Waals surface area (Å²) >= 11 is 0. The molecule has 2 N–H and O–H groups in total. The summed E-state index contributed by atoms with van der Waals surface area (Å²) in [4.78, 5) is 7.50. The summed E-state index contributed by atoms with van der Waals surface area (Å²) in [5, 5.41) is 12.0. The lowest BCUT2D eigenvalue weighted by atomic mass is 9.99. The molecule has 0 radical (unpaired) electrons. The van der Waals surface area contributed by atoms with Crippen LogP contribution >= 0.6 is 0 Å². The van der Waals surface area contributed by atoms with Gasteiger partial charge in [0.2, 0.25) is 0 Å². The van der Waals surface area contributed by atoms with Crippen LogP contribution in [0.3, 0.4) is 0 Å². The number of nitrogens with zero attached hydrogens (tertiary/aromatic N) is 4. The van der Waals surface area contributed by atoms with Gasteiger partial charge in [-0.1, -0.05) is 13.0 Å². The minimum Gasteiger partial charge on any atom is -0.341 e. The van der Waals surface area contributed by atoms with Crippen LogP contribution in [0.4, 0.5) is 4.39 Å². The maximum Gasteiger partial charge on any atom is 0.151 e. The third-order valence-corrected chi connectivity index (χ3v) is 4.68. The van der Waals surface area contributed by atoms with E-state index >= 15 is 0 Å². The van der Waals surface area contributed by atoms with E-state index in [2.05, 4.69) is 37.0 Å². The summed E-state index contributed by atoms with van der Waals surface area (Å²) in [7, 11) is 0. The molecule has 6 nitrogen and oxygen atoms in total. The number of nitrogens with one attached hydrogen (secondary N) is 2. The highest BCUT2D eigenvalue weighted by atomic mass is 19.1. The van der Waals surface area contributed by atoms with Gasteiger partial charge in [-0.2, -0.15) is 0 Å². The normalized spacial score (nSPS) is 17.3. The molecule has 0 aliphatic carbocycles. The Hall–Kier alpha value is -2.28. The molecule has 1 unspecified atom stereocenters. The van der Waals surface area contributed by atoms with Gasteiger partial charge in [-0.3, -0.25) is 0 Å². The summed E-state index contributed by atoms with van der Waals surface area (Å²) in [6.45, 7) is 4.59. The highest BCUT2D eigenvalue weighted by Crippen LogP contribution is 2.20.